The van der Waals surface area contributed by atoms with Crippen molar-refractivity contribution in [3.63, 3.8) is 0 Å². The van der Waals surface area contributed by atoms with Gasteiger partial charge in [-0.2, -0.15) is 0 Å². The average Bonchev–Trinajstić information content (AvgIpc) is 3.06. The molecule has 10 heteroatoms. The van der Waals surface area contributed by atoms with E-state index in [1.54, 1.807) is 60.2 Å². The number of hydrogen-bond acceptors (Lipinski definition) is 8. The van der Waals surface area contributed by atoms with Crippen molar-refractivity contribution in [2.24, 2.45) is 5.92 Å². The number of rotatable bonds is 16. The van der Waals surface area contributed by atoms with Crippen LogP contribution >= 0.6 is 11.8 Å². The van der Waals surface area contributed by atoms with E-state index < -0.39 is 64.1 Å². The molecule has 3 atom stereocenters. The monoisotopic (exact) mass is 716 g/mol. The maximum Gasteiger partial charge on any atom is 0.408 e. The lowest BCUT2D eigenvalue weighted by atomic mass is 9.84. The number of amides is 2. The molecule has 2 N–H and O–H groups in total. The highest BCUT2D eigenvalue weighted by atomic mass is 32.2. The molecule has 0 aliphatic carbocycles. The quantitative estimate of drug-likeness (QED) is 0.116. The van der Waals surface area contributed by atoms with E-state index in [4.69, 9.17) is 9.47 Å². The number of thioether (sulfide) groups is 1. The number of hydrogen-bond donors (Lipinski definition) is 2. The van der Waals surface area contributed by atoms with Gasteiger partial charge in [0.15, 0.2) is 5.78 Å². The van der Waals surface area contributed by atoms with Gasteiger partial charge in [0.25, 0.3) is 0 Å². The molecule has 0 aliphatic heterocycles. The maximum atomic E-state index is 14.1. The Morgan fingerprint density at radius 1 is 0.647 bits per heavy atom. The molecule has 0 bridgehead atoms. The van der Waals surface area contributed by atoms with Crippen LogP contribution in [0.15, 0.2) is 91.0 Å². The van der Waals surface area contributed by atoms with E-state index in [2.05, 4.69) is 47.0 Å². The first kappa shape index (κ1) is 41.0. The molecule has 0 aromatic heterocycles. The zero-order chi connectivity index (χ0) is 37.8. The predicted octanol–water partition coefficient (Wildman–Crippen LogP) is 7.40. The molecule has 9 nitrogen and oxygen atoms in total. The van der Waals surface area contributed by atoms with Crippen LogP contribution in [0.3, 0.4) is 0 Å². The Labute approximate surface area is 306 Å². The van der Waals surface area contributed by atoms with Gasteiger partial charge in [0.05, 0.1) is 17.2 Å². The molecule has 0 saturated heterocycles. The molecule has 3 aromatic rings. The van der Waals surface area contributed by atoms with Crippen molar-refractivity contribution in [2.45, 2.75) is 103 Å². The summed E-state index contributed by atoms with van der Waals surface area (Å²) < 4.78 is 10.1. The van der Waals surface area contributed by atoms with Gasteiger partial charge in [0.1, 0.15) is 23.0 Å². The van der Waals surface area contributed by atoms with Crippen LogP contribution in [-0.4, -0.2) is 58.6 Å². The van der Waals surface area contributed by atoms with Crippen LogP contribution in [0, 0.1) is 5.92 Å². The third-order valence-electron chi connectivity index (χ3n) is 7.98. The molecule has 51 heavy (non-hydrogen) atoms. The lowest BCUT2D eigenvalue weighted by Gasteiger charge is -2.36. The van der Waals surface area contributed by atoms with Gasteiger partial charge < -0.3 is 20.1 Å². The van der Waals surface area contributed by atoms with Gasteiger partial charge in [-0.15, -0.1) is 11.8 Å². The smallest absolute Gasteiger partial charge is 0.408 e. The van der Waals surface area contributed by atoms with E-state index in [0.717, 1.165) is 16.7 Å². The summed E-state index contributed by atoms with van der Waals surface area (Å²) in [6, 6.07) is 27.8. The molecule has 0 heterocycles. The molecule has 2 amide bonds. The maximum absolute atomic E-state index is 14.1. The Balaban J connectivity index is 1.94. The third-order valence-corrected chi connectivity index (χ3v) is 9.69. The predicted molar refractivity (Wildman–Crippen MR) is 201 cm³/mol. The number of benzene rings is 3. The highest BCUT2D eigenvalue weighted by Crippen LogP contribution is 2.49. The van der Waals surface area contributed by atoms with Crippen molar-refractivity contribution in [2.75, 3.05) is 5.75 Å². The van der Waals surface area contributed by atoms with Crippen LogP contribution < -0.4 is 10.6 Å². The van der Waals surface area contributed by atoms with Crippen LogP contribution in [0.25, 0.3) is 0 Å². The molecular formula is C41H52N2O7S. The summed E-state index contributed by atoms with van der Waals surface area (Å²) in [5, 5.41) is 5.21. The summed E-state index contributed by atoms with van der Waals surface area (Å²) in [4.78, 5) is 66.2. The van der Waals surface area contributed by atoms with Crippen LogP contribution in [0.4, 0.5) is 4.79 Å². The van der Waals surface area contributed by atoms with Crippen molar-refractivity contribution < 1.29 is 33.4 Å². The highest BCUT2D eigenvalue weighted by Gasteiger charge is 2.39. The fourth-order valence-electron chi connectivity index (χ4n) is 5.57. The molecular weight excluding hydrogens is 665 g/mol. The molecule has 0 spiro atoms. The summed E-state index contributed by atoms with van der Waals surface area (Å²) in [6.07, 6.45) is -1.25. The van der Waals surface area contributed by atoms with E-state index >= 15 is 0 Å². The van der Waals surface area contributed by atoms with E-state index in [1.165, 1.54) is 6.92 Å². The Bertz CT molecular complexity index is 1520. The first-order valence-corrected chi connectivity index (χ1v) is 18.3. The molecule has 274 valence electrons. The summed E-state index contributed by atoms with van der Waals surface area (Å²) in [5.74, 6) is -2.50. The van der Waals surface area contributed by atoms with E-state index in [1.807, 2.05) is 54.6 Å². The average molecular weight is 717 g/mol. The molecule has 0 saturated carbocycles. The van der Waals surface area contributed by atoms with E-state index in [-0.39, 0.29) is 24.4 Å². The van der Waals surface area contributed by atoms with Gasteiger partial charge in [-0.1, -0.05) is 97.9 Å². The molecule has 0 aliphatic rings. The first-order chi connectivity index (χ1) is 23.9. The molecule has 0 fully saturated rings. The fourth-order valence-corrected chi connectivity index (χ4v) is 7.28. The van der Waals surface area contributed by atoms with Gasteiger partial charge in [-0.05, 0) is 71.6 Å². The third kappa shape index (κ3) is 12.4. The number of alkyl carbamates (subject to hydrolysis) is 1. The van der Waals surface area contributed by atoms with Crippen molar-refractivity contribution in [3.05, 3.63) is 108 Å². The Morgan fingerprint density at radius 2 is 1.10 bits per heavy atom. The Hall–Kier alpha value is -4.44. The second kappa shape index (κ2) is 18.2. The van der Waals surface area contributed by atoms with Crippen molar-refractivity contribution >= 4 is 41.3 Å². The summed E-state index contributed by atoms with van der Waals surface area (Å²) in [6.45, 7) is 13.4. The minimum absolute atomic E-state index is 0.195. The van der Waals surface area contributed by atoms with Gasteiger partial charge in [-0.3, -0.25) is 19.2 Å². The van der Waals surface area contributed by atoms with Crippen LogP contribution in [0.1, 0.15) is 91.3 Å². The largest absolute Gasteiger partial charge is 0.460 e. The summed E-state index contributed by atoms with van der Waals surface area (Å²) in [7, 11) is 0. The number of Topliss-reactive ketones (excluding diaryl/α,β-unsaturated/α-hetero) is 2. The number of nitrogens with one attached hydrogen (secondary N) is 2. The molecule has 3 aromatic carbocycles. The minimum Gasteiger partial charge on any atom is -0.460 e. The molecule has 3 rings (SSSR count). The number of ether oxygens (including phenoxy) is 2. The minimum atomic E-state index is -1.30. The number of esters is 1. The zero-order valence-electron chi connectivity index (χ0n) is 31.0. The van der Waals surface area contributed by atoms with E-state index in [9.17, 15) is 24.0 Å². The molecule has 0 radical (unpaired) electrons. The van der Waals surface area contributed by atoms with Gasteiger partial charge in [0, 0.05) is 18.1 Å². The Morgan fingerprint density at radius 3 is 1.49 bits per heavy atom. The summed E-state index contributed by atoms with van der Waals surface area (Å²) in [5.41, 5.74) is 1.43. The first-order valence-electron chi connectivity index (χ1n) is 17.3. The van der Waals surface area contributed by atoms with Gasteiger partial charge in [0.2, 0.25) is 5.91 Å². The number of carbonyl (C=O) groups is 5. The van der Waals surface area contributed by atoms with Gasteiger partial charge >= 0.3 is 12.1 Å². The van der Waals surface area contributed by atoms with E-state index in [0.29, 0.717) is 0 Å². The second-order valence-electron chi connectivity index (χ2n) is 14.5. The molecule has 0 unspecified atom stereocenters. The number of ketones is 2. The highest BCUT2D eigenvalue weighted by molar-refractivity contribution is 8.00. The Kier molecular flexibility index (Phi) is 14.6. The lowest BCUT2D eigenvalue weighted by Crippen LogP contribution is -2.53. The fraction of sp³-hybridized carbons (Fsp3) is 0.439. The second-order valence-corrected chi connectivity index (χ2v) is 15.8. The van der Waals surface area contributed by atoms with Gasteiger partial charge in [-0.25, -0.2) is 4.79 Å². The van der Waals surface area contributed by atoms with Crippen molar-refractivity contribution in [1.82, 2.24) is 10.6 Å². The summed E-state index contributed by atoms with van der Waals surface area (Å²) >= 11 is 1.56. The SMILES string of the molecule is CC[C@H](NC(=O)OC(C)(C)C)C(=O)N[C@@H](CC(=O)OC(C)(C)C)C(=O)C[C@@H](CSC(c1ccccc1)(c1ccccc1)c1ccccc1)C(C)=O. The van der Waals surface area contributed by atoms with Crippen LogP contribution in [0.5, 0.6) is 0 Å². The lowest BCUT2D eigenvalue weighted by molar-refractivity contribution is -0.156. The topological polar surface area (TPSA) is 128 Å². The zero-order valence-corrected chi connectivity index (χ0v) is 31.8. The van der Waals surface area contributed by atoms with Crippen LogP contribution in [-0.2, 0) is 33.4 Å². The van der Waals surface area contributed by atoms with Crippen LogP contribution in [0.2, 0.25) is 0 Å². The van der Waals surface area contributed by atoms with Crippen molar-refractivity contribution in [3.8, 4) is 0 Å². The number of carbonyl (C=O) groups excluding carboxylic acids is 5. The van der Waals surface area contributed by atoms with Crippen molar-refractivity contribution in [1.29, 1.82) is 0 Å². The standard InChI is InChI=1S/C41H52N2O7S/c1-9-33(43-38(48)50-40(6,7)8)37(47)42-34(26-36(46)49-39(3,4)5)35(45)25-29(28(2)44)27-51-41(30-19-13-10-14-20-30,31-21-15-11-16-22-31)32-23-17-12-18-24-32/h10-24,29,33-34H,9,25-27H2,1-8H3,(H,42,47)(H,43,48)/t29-,33-,34-/m0/s1. The normalized spacial score (nSPS) is 13.6.